The summed E-state index contributed by atoms with van der Waals surface area (Å²) in [6, 6.07) is 13.4. The van der Waals surface area contributed by atoms with Gasteiger partial charge in [-0.3, -0.25) is 13.9 Å². The van der Waals surface area contributed by atoms with Gasteiger partial charge < -0.3 is 9.84 Å². The molecule has 1 fully saturated rings. The van der Waals surface area contributed by atoms with Gasteiger partial charge in [0.15, 0.2) is 17.2 Å². The van der Waals surface area contributed by atoms with Crippen LogP contribution in [0.5, 0.6) is 0 Å². The summed E-state index contributed by atoms with van der Waals surface area (Å²) in [5.41, 5.74) is 2.00. The van der Waals surface area contributed by atoms with E-state index in [9.17, 15) is 4.79 Å². The van der Waals surface area contributed by atoms with Crippen LogP contribution in [0.15, 0.2) is 53.2 Å². The van der Waals surface area contributed by atoms with Gasteiger partial charge in [0.25, 0.3) is 5.91 Å². The van der Waals surface area contributed by atoms with E-state index >= 15 is 0 Å². The van der Waals surface area contributed by atoms with Gasteiger partial charge in [-0.25, -0.2) is 0 Å². The number of hydrogen-bond acceptors (Lipinski definition) is 7. The molecule has 1 aliphatic carbocycles. The number of benzene rings is 1. The van der Waals surface area contributed by atoms with Crippen LogP contribution in [0.2, 0.25) is 0 Å². The number of rotatable bonds is 7. The van der Waals surface area contributed by atoms with Crippen molar-refractivity contribution in [3.8, 4) is 0 Å². The first kappa shape index (κ1) is 19.6. The molecule has 4 heterocycles. The molecule has 0 unspecified atom stereocenters. The van der Waals surface area contributed by atoms with Crippen molar-refractivity contribution in [1.29, 1.82) is 0 Å². The summed E-state index contributed by atoms with van der Waals surface area (Å²) in [6.07, 6.45) is 5.90. The largest absolute Gasteiger partial charge is 0.350 e. The van der Waals surface area contributed by atoms with Gasteiger partial charge in [-0.1, -0.05) is 35.8 Å². The number of carbonyl (C=O) groups excluding carboxylic acids is 1. The number of hydrogen-bond donors (Lipinski definition) is 1. The summed E-state index contributed by atoms with van der Waals surface area (Å²) in [4.78, 5) is 17.5. The minimum atomic E-state index is -0.237. The number of carbonyl (C=O) groups is 1. The van der Waals surface area contributed by atoms with Crippen molar-refractivity contribution in [1.82, 2.24) is 39.8 Å². The minimum Gasteiger partial charge on any atom is -0.350 e. The Labute approximate surface area is 188 Å². The molecule has 5 aromatic rings. The van der Waals surface area contributed by atoms with Crippen LogP contribution < -0.4 is 5.32 Å². The quantitative estimate of drug-likeness (QED) is 0.412. The Kier molecular flexibility index (Phi) is 4.82. The Bertz CT molecular complexity index is 1450. The second kappa shape index (κ2) is 8.12. The molecule has 1 amide bonds. The molecular formula is C23H22N8O2. The maximum atomic E-state index is 13.0. The Balaban J connectivity index is 1.19. The molecule has 0 saturated heterocycles. The monoisotopic (exact) mass is 442 g/mol. The van der Waals surface area contributed by atoms with Crippen molar-refractivity contribution in [2.45, 2.75) is 38.1 Å². The maximum Gasteiger partial charge on any atom is 0.272 e. The highest BCUT2D eigenvalue weighted by Gasteiger charge is 2.25. The molecular weight excluding hydrogens is 420 g/mol. The van der Waals surface area contributed by atoms with Crippen molar-refractivity contribution in [2.75, 3.05) is 6.54 Å². The summed E-state index contributed by atoms with van der Waals surface area (Å²) >= 11 is 0. The molecule has 33 heavy (non-hydrogen) atoms. The number of amides is 1. The van der Waals surface area contributed by atoms with E-state index < -0.39 is 0 Å². The van der Waals surface area contributed by atoms with E-state index in [1.54, 1.807) is 4.68 Å². The van der Waals surface area contributed by atoms with E-state index in [1.807, 2.05) is 53.1 Å². The van der Waals surface area contributed by atoms with Crippen molar-refractivity contribution in [3.05, 3.63) is 71.9 Å². The lowest BCUT2D eigenvalue weighted by Gasteiger charge is -2.20. The van der Waals surface area contributed by atoms with Gasteiger partial charge in [-0.05, 0) is 31.0 Å². The van der Waals surface area contributed by atoms with Crippen LogP contribution in [-0.2, 0) is 13.0 Å². The first-order valence-corrected chi connectivity index (χ1v) is 11.1. The number of para-hydroxylation sites is 1. The molecule has 0 aliphatic heterocycles. The number of aromatic nitrogens is 7. The lowest BCUT2D eigenvalue weighted by Crippen LogP contribution is -2.27. The van der Waals surface area contributed by atoms with Crippen LogP contribution in [0.1, 0.15) is 53.2 Å². The summed E-state index contributed by atoms with van der Waals surface area (Å²) in [7, 11) is 0. The van der Waals surface area contributed by atoms with Crippen LogP contribution >= 0.6 is 0 Å². The predicted molar refractivity (Wildman–Crippen MR) is 119 cm³/mol. The SMILES string of the molecule is O=C(NCCc1nnc2ccccn12)c1nn(Cc2nc(C3CCC3)no2)c2ccccc12. The standard InChI is InChI=1S/C23H22N8O2/c32-23(24-12-11-19-27-26-18-10-3-4-13-30(18)19)21-16-8-1-2-9-17(16)31(28-21)14-20-25-22(29-33-20)15-6-5-7-15/h1-4,8-10,13,15H,5-7,11-12,14H2,(H,24,32). The van der Waals surface area contributed by atoms with Gasteiger partial charge in [-0.15, -0.1) is 10.2 Å². The molecule has 1 aliphatic rings. The first-order valence-electron chi connectivity index (χ1n) is 11.1. The Morgan fingerprint density at radius 1 is 1.12 bits per heavy atom. The highest BCUT2D eigenvalue weighted by atomic mass is 16.5. The van der Waals surface area contributed by atoms with E-state index in [-0.39, 0.29) is 5.91 Å². The zero-order valence-corrected chi connectivity index (χ0v) is 17.9. The van der Waals surface area contributed by atoms with Crippen molar-refractivity contribution < 1.29 is 9.32 Å². The van der Waals surface area contributed by atoms with Gasteiger partial charge in [0, 0.05) is 30.5 Å². The smallest absolute Gasteiger partial charge is 0.272 e. The third kappa shape index (κ3) is 3.63. The predicted octanol–water partition coefficient (Wildman–Crippen LogP) is 2.75. The average molecular weight is 442 g/mol. The number of nitrogens with one attached hydrogen (secondary N) is 1. The zero-order valence-electron chi connectivity index (χ0n) is 17.9. The molecule has 1 aromatic carbocycles. The molecule has 0 atom stereocenters. The fourth-order valence-electron chi connectivity index (χ4n) is 4.14. The second-order valence-electron chi connectivity index (χ2n) is 8.25. The maximum absolute atomic E-state index is 13.0. The van der Waals surface area contributed by atoms with Crippen LogP contribution in [0, 0.1) is 0 Å². The molecule has 1 N–H and O–H groups in total. The Hall–Kier alpha value is -4.08. The molecule has 0 spiro atoms. The minimum absolute atomic E-state index is 0.237. The summed E-state index contributed by atoms with van der Waals surface area (Å²) in [6.45, 7) is 0.739. The molecule has 10 heteroatoms. The van der Waals surface area contributed by atoms with Gasteiger partial charge >= 0.3 is 0 Å². The normalized spacial score (nSPS) is 14.1. The summed E-state index contributed by atoms with van der Waals surface area (Å²) in [5.74, 6) is 2.22. The molecule has 10 nitrogen and oxygen atoms in total. The van der Waals surface area contributed by atoms with Crippen LogP contribution in [0.4, 0.5) is 0 Å². The van der Waals surface area contributed by atoms with E-state index in [1.165, 1.54) is 6.42 Å². The first-order chi connectivity index (χ1) is 16.3. The van der Waals surface area contributed by atoms with Gasteiger partial charge in [0.1, 0.15) is 12.4 Å². The van der Waals surface area contributed by atoms with Crippen LogP contribution in [0.3, 0.4) is 0 Å². The van der Waals surface area contributed by atoms with E-state index in [0.717, 1.165) is 41.0 Å². The van der Waals surface area contributed by atoms with Gasteiger partial charge in [0.05, 0.1) is 5.52 Å². The summed E-state index contributed by atoms with van der Waals surface area (Å²) in [5, 5.41) is 20.8. The fourth-order valence-corrected chi connectivity index (χ4v) is 4.14. The molecule has 0 radical (unpaired) electrons. The Morgan fingerprint density at radius 3 is 2.88 bits per heavy atom. The third-order valence-electron chi connectivity index (χ3n) is 6.13. The van der Waals surface area contributed by atoms with Crippen molar-refractivity contribution >= 4 is 22.5 Å². The highest BCUT2D eigenvalue weighted by Crippen LogP contribution is 2.34. The van der Waals surface area contributed by atoms with Crippen LogP contribution in [-0.4, -0.2) is 47.0 Å². The third-order valence-corrected chi connectivity index (χ3v) is 6.13. The molecule has 4 aromatic heterocycles. The van der Waals surface area contributed by atoms with Crippen molar-refractivity contribution in [2.24, 2.45) is 0 Å². The number of nitrogens with zero attached hydrogens (tertiary/aromatic N) is 7. The lowest BCUT2D eigenvalue weighted by atomic mass is 9.85. The Morgan fingerprint density at radius 2 is 2.00 bits per heavy atom. The molecule has 6 rings (SSSR count). The lowest BCUT2D eigenvalue weighted by molar-refractivity contribution is 0.0949. The molecule has 0 bridgehead atoms. The van der Waals surface area contributed by atoms with Gasteiger partial charge in [0.2, 0.25) is 5.89 Å². The average Bonchev–Trinajstić information content (AvgIpc) is 3.51. The number of fused-ring (bicyclic) bond motifs is 2. The zero-order chi connectivity index (χ0) is 22.2. The van der Waals surface area contributed by atoms with E-state index in [4.69, 9.17) is 4.52 Å². The topological polar surface area (TPSA) is 116 Å². The molecule has 1 saturated carbocycles. The number of pyridine rings is 1. The van der Waals surface area contributed by atoms with Crippen molar-refractivity contribution in [3.63, 3.8) is 0 Å². The second-order valence-corrected chi connectivity index (χ2v) is 8.25. The highest BCUT2D eigenvalue weighted by molar-refractivity contribution is 6.04. The summed E-state index contributed by atoms with van der Waals surface area (Å²) < 4.78 is 9.11. The van der Waals surface area contributed by atoms with E-state index in [0.29, 0.717) is 37.0 Å². The van der Waals surface area contributed by atoms with E-state index in [2.05, 4.69) is 30.8 Å². The fraction of sp³-hybridized carbons (Fsp3) is 0.304. The van der Waals surface area contributed by atoms with Crippen LogP contribution in [0.25, 0.3) is 16.6 Å². The molecule has 166 valence electrons. The van der Waals surface area contributed by atoms with Gasteiger partial charge in [-0.2, -0.15) is 10.1 Å².